The SMILES string of the molecule is CCCOc1nc(N)nc2ncn([C@H]3C[C@H](N=[N+]=[N-])[C@@H](CO)O3)c12. The fraction of sp³-hybridized carbons (Fsp3) is 0.615. The van der Waals surface area contributed by atoms with Gasteiger partial charge in [0.1, 0.15) is 6.23 Å². The van der Waals surface area contributed by atoms with Gasteiger partial charge >= 0.3 is 0 Å². The van der Waals surface area contributed by atoms with Gasteiger partial charge < -0.3 is 20.3 Å². The molecule has 3 rings (SSSR count). The van der Waals surface area contributed by atoms with Crippen molar-refractivity contribution in [2.75, 3.05) is 18.9 Å². The average Bonchev–Trinajstić information content (AvgIpc) is 3.16. The lowest BCUT2D eigenvalue weighted by Gasteiger charge is -2.15. The van der Waals surface area contributed by atoms with Gasteiger partial charge in [0, 0.05) is 11.3 Å². The molecule has 1 saturated heterocycles. The predicted octanol–water partition coefficient (Wildman–Crippen LogP) is 1.16. The third-order valence-corrected chi connectivity index (χ3v) is 3.75. The maximum absolute atomic E-state index is 9.40. The second kappa shape index (κ2) is 6.87. The van der Waals surface area contributed by atoms with Crippen LogP contribution in [0.4, 0.5) is 5.95 Å². The molecule has 24 heavy (non-hydrogen) atoms. The first kappa shape index (κ1) is 16.2. The molecule has 11 nitrogen and oxygen atoms in total. The zero-order valence-electron chi connectivity index (χ0n) is 13.1. The lowest BCUT2D eigenvalue weighted by molar-refractivity contribution is -0.0232. The molecule has 3 heterocycles. The van der Waals surface area contributed by atoms with Crippen molar-refractivity contribution in [2.45, 2.75) is 38.1 Å². The van der Waals surface area contributed by atoms with E-state index in [2.05, 4.69) is 25.0 Å². The number of hydrogen-bond donors (Lipinski definition) is 2. The topological polar surface area (TPSA) is 157 Å². The molecule has 0 amide bonds. The number of nitrogens with two attached hydrogens (primary N) is 1. The molecule has 3 N–H and O–H groups in total. The van der Waals surface area contributed by atoms with E-state index in [1.807, 2.05) is 6.92 Å². The minimum absolute atomic E-state index is 0.0754. The van der Waals surface area contributed by atoms with Crippen molar-refractivity contribution < 1.29 is 14.6 Å². The number of aromatic nitrogens is 4. The highest BCUT2D eigenvalue weighted by molar-refractivity contribution is 5.77. The van der Waals surface area contributed by atoms with Gasteiger partial charge in [0.05, 0.1) is 31.7 Å². The van der Waals surface area contributed by atoms with Gasteiger partial charge in [-0.3, -0.25) is 4.57 Å². The summed E-state index contributed by atoms with van der Waals surface area (Å²) in [4.78, 5) is 15.3. The summed E-state index contributed by atoms with van der Waals surface area (Å²) < 4.78 is 13.2. The van der Waals surface area contributed by atoms with E-state index < -0.39 is 18.4 Å². The van der Waals surface area contributed by atoms with Crippen LogP contribution in [0.5, 0.6) is 5.88 Å². The summed E-state index contributed by atoms with van der Waals surface area (Å²) in [5.74, 6) is 0.402. The Bertz CT molecular complexity index is 772. The third-order valence-electron chi connectivity index (χ3n) is 3.75. The zero-order chi connectivity index (χ0) is 17.1. The number of ether oxygens (including phenoxy) is 2. The Hall–Kier alpha value is -2.62. The molecule has 1 fully saturated rings. The Kier molecular flexibility index (Phi) is 4.65. The minimum atomic E-state index is -0.571. The Morgan fingerprint density at radius 3 is 3.12 bits per heavy atom. The van der Waals surface area contributed by atoms with E-state index in [4.69, 9.17) is 20.7 Å². The summed E-state index contributed by atoms with van der Waals surface area (Å²) in [6.07, 6.45) is 1.72. The Morgan fingerprint density at radius 2 is 2.42 bits per heavy atom. The molecule has 2 aromatic rings. The summed E-state index contributed by atoms with van der Waals surface area (Å²) in [7, 11) is 0. The molecule has 1 aliphatic rings. The predicted molar refractivity (Wildman–Crippen MR) is 84.1 cm³/mol. The van der Waals surface area contributed by atoms with Gasteiger partial charge in [-0.25, -0.2) is 4.98 Å². The number of fused-ring (bicyclic) bond motifs is 1. The van der Waals surface area contributed by atoms with Crippen molar-refractivity contribution in [3.05, 3.63) is 16.8 Å². The van der Waals surface area contributed by atoms with Crippen molar-refractivity contribution in [2.24, 2.45) is 5.11 Å². The summed E-state index contributed by atoms with van der Waals surface area (Å²) in [6, 6.07) is -0.461. The van der Waals surface area contributed by atoms with Crippen LogP contribution < -0.4 is 10.5 Å². The fourth-order valence-electron chi connectivity index (χ4n) is 2.69. The standard InChI is InChI=1S/C13H18N8O3/c1-2-3-23-12-10-11(17-13(14)18-12)16-6-21(10)9-4-7(19-20-15)8(5-22)24-9/h6-9,22H,2-5H2,1H3,(H2,14,17,18)/t7-,8+,9+/m0/s1. The van der Waals surface area contributed by atoms with E-state index in [0.29, 0.717) is 30.1 Å². The number of aliphatic hydroxyl groups excluding tert-OH is 1. The molecule has 0 radical (unpaired) electrons. The molecule has 0 saturated carbocycles. The van der Waals surface area contributed by atoms with E-state index in [0.717, 1.165) is 6.42 Å². The Labute approximate surface area is 137 Å². The van der Waals surface area contributed by atoms with Gasteiger partial charge in [-0.05, 0) is 12.0 Å². The number of nitrogen functional groups attached to an aromatic ring is 1. The van der Waals surface area contributed by atoms with Crippen molar-refractivity contribution in [3.63, 3.8) is 0 Å². The normalized spacial score (nSPS) is 23.3. The fourth-order valence-corrected chi connectivity index (χ4v) is 2.69. The summed E-state index contributed by atoms with van der Waals surface area (Å²) in [5, 5.41) is 13.1. The third kappa shape index (κ3) is 2.92. The van der Waals surface area contributed by atoms with Crippen LogP contribution in [0.15, 0.2) is 11.4 Å². The van der Waals surface area contributed by atoms with Gasteiger partial charge in [-0.15, -0.1) is 0 Å². The maximum Gasteiger partial charge on any atom is 0.245 e. The van der Waals surface area contributed by atoms with E-state index in [1.54, 1.807) is 10.9 Å². The van der Waals surface area contributed by atoms with E-state index in [9.17, 15) is 5.11 Å². The van der Waals surface area contributed by atoms with Crippen molar-refractivity contribution in [1.82, 2.24) is 19.5 Å². The van der Waals surface area contributed by atoms with Crippen LogP contribution in [0.3, 0.4) is 0 Å². The number of rotatable bonds is 6. The molecule has 0 aromatic carbocycles. The molecule has 0 spiro atoms. The van der Waals surface area contributed by atoms with Crippen molar-refractivity contribution in [3.8, 4) is 5.88 Å². The van der Waals surface area contributed by atoms with Gasteiger partial charge in [-0.2, -0.15) is 9.97 Å². The van der Waals surface area contributed by atoms with E-state index in [-0.39, 0.29) is 12.6 Å². The van der Waals surface area contributed by atoms with Gasteiger partial charge in [0.2, 0.25) is 11.8 Å². The van der Waals surface area contributed by atoms with Crippen LogP contribution in [0, 0.1) is 0 Å². The second-order valence-electron chi connectivity index (χ2n) is 5.38. The van der Waals surface area contributed by atoms with Gasteiger partial charge in [0.25, 0.3) is 0 Å². The highest BCUT2D eigenvalue weighted by Crippen LogP contribution is 2.35. The molecule has 2 aromatic heterocycles. The molecule has 0 bridgehead atoms. The molecule has 128 valence electrons. The molecule has 11 heteroatoms. The number of nitrogens with zero attached hydrogens (tertiary/aromatic N) is 7. The van der Waals surface area contributed by atoms with Crippen LogP contribution in [-0.4, -0.2) is 50.0 Å². The van der Waals surface area contributed by atoms with E-state index >= 15 is 0 Å². The van der Waals surface area contributed by atoms with Crippen molar-refractivity contribution >= 4 is 17.1 Å². The summed E-state index contributed by atoms with van der Waals surface area (Å²) in [5.41, 5.74) is 15.3. The Morgan fingerprint density at radius 1 is 1.58 bits per heavy atom. The first-order valence-electron chi connectivity index (χ1n) is 7.61. The second-order valence-corrected chi connectivity index (χ2v) is 5.38. The van der Waals surface area contributed by atoms with Gasteiger partial charge in [-0.1, -0.05) is 12.0 Å². The van der Waals surface area contributed by atoms with Gasteiger partial charge in [0.15, 0.2) is 11.2 Å². The first-order valence-corrected chi connectivity index (χ1v) is 7.61. The van der Waals surface area contributed by atoms with E-state index in [1.165, 1.54) is 0 Å². The lowest BCUT2D eigenvalue weighted by atomic mass is 10.1. The summed E-state index contributed by atoms with van der Waals surface area (Å²) >= 11 is 0. The number of azide groups is 1. The largest absolute Gasteiger partial charge is 0.476 e. The Balaban J connectivity index is 1.99. The molecular formula is C13H18N8O3. The number of anilines is 1. The highest BCUT2D eigenvalue weighted by atomic mass is 16.5. The maximum atomic E-state index is 9.40. The van der Waals surface area contributed by atoms with Crippen LogP contribution in [0.2, 0.25) is 0 Å². The highest BCUT2D eigenvalue weighted by Gasteiger charge is 2.36. The number of hydrogen-bond acceptors (Lipinski definition) is 8. The smallest absolute Gasteiger partial charge is 0.245 e. The number of imidazole rings is 1. The van der Waals surface area contributed by atoms with Crippen LogP contribution in [0.25, 0.3) is 21.6 Å². The van der Waals surface area contributed by atoms with Crippen LogP contribution in [0.1, 0.15) is 26.0 Å². The molecule has 1 aliphatic heterocycles. The minimum Gasteiger partial charge on any atom is -0.476 e. The van der Waals surface area contributed by atoms with Crippen molar-refractivity contribution in [1.29, 1.82) is 0 Å². The molecule has 3 atom stereocenters. The molecular weight excluding hydrogens is 316 g/mol. The first-order chi connectivity index (χ1) is 11.7. The average molecular weight is 334 g/mol. The monoisotopic (exact) mass is 334 g/mol. The zero-order valence-corrected chi connectivity index (χ0v) is 13.1. The van der Waals surface area contributed by atoms with Crippen LogP contribution in [-0.2, 0) is 4.74 Å². The molecule has 0 unspecified atom stereocenters. The van der Waals surface area contributed by atoms with Crippen LogP contribution >= 0.6 is 0 Å². The quantitative estimate of drug-likeness (QED) is 0.455. The number of aliphatic hydroxyl groups is 1. The lowest BCUT2D eigenvalue weighted by Crippen LogP contribution is -2.22. The summed E-state index contributed by atoms with van der Waals surface area (Å²) in [6.45, 7) is 2.22. The molecule has 0 aliphatic carbocycles.